The van der Waals surface area contributed by atoms with Crippen molar-refractivity contribution in [3.8, 4) is 16.8 Å². The van der Waals surface area contributed by atoms with Crippen molar-refractivity contribution in [2.75, 3.05) is 5.73 Å². The summed E-state index contributed by atoms with van der Waals surface area (Å²) in [6.45, 7) is 0. The van der Waals surface area contributed by atoms with E-state index in [2.05, 4.69) is 9.97 Å². The van der Waals surface area contributed by atoms with Crippen LogP contribution in [0.5, 0.6) is 0 Å². The number of para-hydroxylation sites is 1. The second-order valence-electron chi connectivity index (χ2n) is 5.21. The predicted octanol–water partition coefficient (Wildman–Crippen LogP) is 3.81. The quantitative estimate of drug-likeness (QED) is 0.612. The lowest BCUT2D eigenvalue weighted by molar-refractivity contribution is 0.628. The average molecular weight is 304 g/mol. The molecular weight excluding hydrogens is 291 g/mol. The second-order valence-corrected chi connectivity index (χ2v) is 5.21. The maximum atomic E-state index is 13.2. The smallest absolute Gasteiger partial charge is 0.150 e. The number of halogens is 1. The molecule has 0 atom stereocenters. The lowest BCUT2D eigenvalue weighted by atomic mass is 10.1. The van der Waals surface area contributed by atoms with Crippen LogP contribution in [0.4, 0.5) is 10.2 Å². The van der Waals surface area contributed by atoms with Crippen LogP contribution >= 0.6 is 0 Å². The van der Waals surface area contributed by atoms with Crippen LogP contribution in [0.1, 0.15) is 0 Å². The van der Waals surface area contributed by atoms with Crippen molar-refractivity contribution < 1.29 is 4.39 Å². The number of hydrogen-bond acceptors (Lipinski definition) is 3. The summed E-state index contributed by atoms with van der Waals surface area (Å²) in [5, 5.41) is 0.767. The van der Waals surface area contributed by atoms with Gasteiger partial charge in [0, 0.05) is 17.4 Å². The number of aromatic nitrogens is 3. The summed E-state index contributed by atoms with van der Waals surface area (Å²) in [7, 11) is 0. The summed E-state index contributed by atoms with van der Waals surface area (Å²) in [4.78, 5) is 8.48. The van der Waals surface area contributed by atoms with Gasteiger partial charge in [0.2, 0.25) is 0 Å². The van der Waals surface area contributed by atoms with Crippen molar-refractivity contribution in [1.29, 1.82) is 0 Å². The molecule has 2 aromatic carbocycles. The molecule has 0 radical (unpaired) electrons. The van der Waals surface area contributed by atoms with E-state index < -0.39 is 0 Å². The van der Waals surface area contributed by atoms with Crippen LogP contribution in [-0.4, -0.2) is 14.5 Å². The highest BCUT2D eigenvalue weighted by molar-refractivity contribution is 6.01. The first kappa shape index (κ1) is 13.5. The first-order valence-electron chi connectivity index (χ1n) is 7.17. The Morgan fingerprint density at radius 2 is 1.65 bits per heavy atom. The van der Waals surface area contributed by atoms with Gasteiger partial charge in [0.05, 0.1) is 5.39 Å². The number of benzene rings is 2. The molecule has 0 saturated carbocycles. The minimum absolute atomic E-state index is 0.273. The number of nitrogens with zero attached hydrogens (tertiary/aromatic N) is 3. The SMILES string of the molecule is Nc1ncnc2c1c(-c1ccc(F)cc1)cn2-c1ccccc1. The molecule has 23 heavy (non-hydrogen) atoms. The molecular formula is C18H13FN4. The van der Waals surface area contributed by atoms with Crippen molar-refractivity contribution in [2.45, 2.75) is 0 Å². The van der Waals surface area contributed by atoms with Gasteiger partial charge in [-0.3, -0.25) is 0 Å². The van der Waals surface area contributed by atoms with E-state index in [0.717, 1.165) is 27.8 Å². The lowest BCUT2D eigenvalue weighted by Crippen LogP contribution is -1.96. The van der Waals surface area contributed by atoms with Gasteiger partial charge in [0.15, 0.2) is 5.65 Å². The number of nitrogen functional groups attached to an aromatic ring is 1. The Morgan fingerprint density at radius 1 is 0.913 bits per heavy atom. The monoisotopic (exact) mass is 304 g/mol. The number of hydrogen-bond donors (Lipinski definition) is 1. The minimum atomic E-state index is -0.273. The first-order chi connectivity index (χ1) is 11.2. The molecule has 4 nitrogen and oxygen atoms in total. The molecule has 2 N–H and O–H groups in total. The number of rotatable bonds is 2. The third-order valence-electron chi connectivity index (χ3n) is 3.80. The van der Waals surface area contributed by atoms with Crippen molar-refractivity contribution in [3.63, 3.8) is 0 Å². The Labute approximate surface area is 132 Å². The fraction of sp³-hybridized carbons (Fsp3) is 0. The topological polar surface area (TPSA) is 56.7 Å². The number of anilines is 1. The molecule has 0 aliphatic carbocycles. The zero-order chi connectivity index (χ0) is 15.8. The van der Waals surface area contributed by atoms with E-state index in [9.17, 15) is 4.39 Å². The maximum Gasteiger partial charge on any atom is 0.150 e. The highest BCUT2D eigenvalue weighted by Gasteiger charge is 2.15. The van der Waals surface area contributed by atoms with Crippen LogP contribution in [0.25, 0.3) is 27.8 Å². The molecule has 0 unspecified atom stereocenters. The number of nitrogens with two attached hydrogens (primary N) is 1. The molecule has 2 aromatic heterocycles. The Hall–Kier alpha value is -3.21. The average Bonchev–Trinajstić information content (AvgIpc) is 2.97. The molecule has 0 aliphatic rings. The standard InChI is InChI=1S/C18H13FN4/c19-13-8-6-12(7-9-13)15-10-23(14-4-2-1-3-5-14)18-16(15)17(20)21-11-22-18/h1-11H,(H2,20,21,22). The van der Waals surface area contributed by atoms with E-state index in [1.807, 2.05) is 41.1 Å². The van der Waals surface area contributed by atoms with E-state index in [1.54, 1.807) is 12.1 Å². The van der Waals surface area contributed by atoms with Crippen molar-refractivity contribution in [3.05, 3.63) is 72.9 Å². The molecule has 2 heterocycles. The normalized spacial score (nSPS) is 11.0. The fourth-order valence-electron chi connectivity index (χ4n) is 2.72. The van der Waals surface area contributed by atoms with E-state index in [4.69, 9.17) is 5.73 Å². The Kier molecular flexibility index (Phi) is 3.05. The molecule has 0 spiro atoms. The van der Waals surface area contributed by atoms with Gasteiger partial charge in [0.1, 0.15) is 18.0 Å². The third-order valence-corrected chi connectivity index (χ3v) is 3.80. The van der Waals surface area contributed by atoms with Gasteiger partial charge < -0.3 is 10.3 Å². The lowest BCUT2D eigenvalue weighted by Gasteiger charge is -2.03. The Balaban J connectivity index is 2.04. The van der Waals surface area contributed by atoms with Crippen LogP contribution in [0.3, 0.4) is 0 Å². The van der Waals surface area contributed by atoms with E-state index in [-0.39, 0.29) is 5.82 Å². The van der Waals surface area contributed by atoms with E-state index in [1.165, 1.54) is 18.5 Å². The molecule has 0 amide bonds. The molecule has 0 bridgehead atoms. The van der Waals surface area contributed by atoms with Crippen LogP contribution in [0, 0.1) is 5.82 Å². The van der Waals surface area contributed by atoms with Crippen LogP contribution in [0.15, 0.2) is 67.1 Å². The summed E-state index contributed by atoms with van der Waals surface area (Å²) in [6.07, 6.45) is 3.41. The molecule has 5 heteroatoms. The zero-order valence-corrected chi connectivity index (χ0v) is 12.1. The van der Waals surface area contributed by atoms with E-state index >= 15 is 0 Å². The first-order valence-corrected chi connectivity index (χ1v) is 7.17. The van der Waals surface area contributed by atoms with E-state index in [0.29, 0.717) is 5.82 Å². The fourth-order valence-corrected chi connectivity index (χ4v) is 2.72. The largest absolute Gasteiger partial charge is 0.383 e. The van der Waals surface area contributed by atoms with Gasteiger partial charge >= 0.3 is 0 Å². The van der Waals surface area contributed by atoms with Crippen molar-refractivity contribution in [1.82, 2.24) is 14.5 Å². The summed E-state index contributed by atoms with van der Waals surface area (Å²) < 4.78 is 15.2. The predicted molar refractivity (Wildman–Crippen MR) is 88.7 cm³/mol. The Bertz CT molecular complexity index is 975. The molecule has 4 rings (SSSR count). The van der Waals surface area contributed by atoms with Crippen LogP contribution in [0.2, 0.25) is 0 Å². The molecule has 4 aromatic rings. The summed E-state index contributed by atoms with van der Waals surface area (Å²) >= 11 is 0. The van der Waals surface area contributed by atoms with Crippen LogP contribution in [-0.2, 0) is 0 Å². The van der Waals surface area contributed by atoms with Gasteiger partial charge in [0.25, 0.3) is 0 Å². The number of fused-ring (bicyclic) bond motifs is 1. The Morgan fingerprint density at radius 3 is 2.39 bits per heavy atom. The molecule has 0 fully saturated rings. The van der Waals surface area contributed by atoms with Gasteiger partial charge in [-0.05, 0) is 29.8 Å². The van der Waals surface area contributed by atoms with Gasteiger partial charge in [-0.15, -0.1) is 0 Å². The highest BCUT2D eigenvalue weighted by atomic mass is 19.1. The zero-order valence-electron chi connectivity index (χ0n) is 12.1. The van der Waals surface area contributed by atoms with Crippen molar-refractivity contribution in [2.24, 2.45) is 0 Å². The van der Waals surface area contributed by atoms with Gasteiger partial charge in [-0.25, -0.2) is 14.4 Å². The summed E-state index contributed by atoms with van der Waals surface area (Å²) in [6, 6.07) is 16.2. The molecule has 0 aliphatic heterocycles. The third kappa shape index (κ3) is 2.23. The molecule has 112 valence electrons. The van der Waals surface area contributed by atoms with Gasteiger partial charge in [-0.1, -0.05) is 30.3 Å². The van der Waals surface area contributed by atoms with Gasteiger partial charge in [-0.2, -0.15) is 0 Å². The van der Waals surface area contributed by atoms with Crippen LogP contribution < -0.4 is 5.73 Å². The maximum absolute atomic E-state index is 13.2. The highest BCUT2D eigenvalue weighted by Crippen LogP contribution is 2.34. The van der Waals surface area contributed by atoms with Crippen molar-refractivity contribution >= 4 is 16.9 Å². The summed E-state index contributed by atoms with van der Waals surface area (Å²) in [5.74, 6) is 0.133. The molecule has 0 saturated heterocycles. The minimum Gasteiger partial charge on any atom is -0.383 e. The summed E-state index contributed by atoms with van der Waals surface area (Å²) in [5.41, 5.74) is 9.52. The second kappa shape index (κ2) is 5.21.